The first kappa shape index (κ1) is 16.5. The van der Waals surface area contributed by atoms with E-state index < -0.39 is 23.8 Å². The Kier molecular flexibility index (Phi) is 3.85. The summed E-state index contributed by atoms with van der Waals surface area (Å²) in [6, 6.07) is 14.6. The van der Waals surface area contributed by atoms with E-state index >= 15 is 0 Å². The number of hydrogen-bond donors (Lipinski definition) is 0. The summed E-state index contributed by atoms with van der Waals surface area (Å²) >= 11 is 5.93. The number of fused-ring (bicyclic) bond motifs is 1. The largest absolute Gasteiger partial charge is 0.293 e. The van der Waals surface area contributed by atoms with Gasteiger partial charge in [0.15, 0.2) is 5.78 Å². The van der Waals surface area contributed by atoms with Gasteiger partial charge in [0.1, 0.15) is 17.7 Å². The maximum Gasteiger partial charge on any atom is 0.259 e. The Morgan fingerprint density at radius 3 is 2.23 bits per heavy atom. The number of carbonyl (C=O) groups excluding carboxylic acids is 3. The highest BCUT2D eigenvalue weighted by atomic mass is 35.5. The minimum absolute atomic E-state index is 0.0988. The molecule has 1 fully saturated rings. The summed E-state index contributed by atoms with van der Waals surface area (Å²) in [4.78, 5) is 39.2. The Bertz CT molecular complexity index is 940. The van der Waals surface area contributed by atoms with E-state index in [-0.39, 0.29) is 11.5 Å². The number of hydrazone groups is 1. The van der Waals surface area contributed by atoms with Gasteiger partial charge in [-0.2, -0.15) is 5.10 Å². The zero-order valence-corrected chi connectivity index (χ0v) is 14.6. The number of Topliss-reactive ketones (excluding diaryl/α,β-unsaturated/α-hetero) is 1. The number of nitrogens with zero attached hydrogens (tertiary/aromatic N) is 3. The van der Waals surface area contributed by atoms with Crippen LogP contribution >= 0.6 is 11.6 Å². The van der Waals surface area contributed by atoms with Gasteiger partial charge in [0, 0.05) is 11.9 Å². The van der Waals surface area contributed by atoms with Crippen LogP contribution in [0.4, 0.5) is 11.4 Å². The van der Waals surface area contributed by atoms with Gasteiger partial charge in [-0.05, 0) is 36.4 Å². The van der Waals surface area contributed by atoms with Crippen molar-refractivity contribution in [3.8, 4) is 0 Å². The molecule has 0 bridgehead atoms. The topological polar surface area (TPSA) is 70.1 Å². The Morgan fingerprint density at radius 1 is 0.962 bits per heavy atom. The second kappa shape index (κ2) is 6.07. The monoisotopic (exact) mass is 367 g/mol. The average Bonchev–Trinajstić information content (AvgIpc) is 3.14. The molecule has 0 aliphatic carbocycles. The number of carbonyl (C=O) groups is 3. The lowest BCUT2D eigenvalue weighted by atomic mass is 9.95. The van der Waals surface area contributed by atoms with Crippen molar-refractivity contribution < 1.29 is 14.4 Å². The molecule has 2 heterocycles. The van der Waals surface area contributed by atoms with E-state index in [1.165, 1.54) is 11.9 Å². The number of rotatable bonds is 3. The van der Waals surface area contributed by atoms with E-state index in [9.17, 15) is 14.4 Å². The maximum absolute atomic E-state index is 13.1. The molecule has 2 atom stereocenters. The van der Waals surface area contributed by atoms with Crippen LogP contribution < -0.4 is 9.91 Å². The molecule has 1 saturated heterocycles. The quantitative estimate of drug-likeness (QED) is 0.782. The molecule has 2 aromatic carbocycles. The third-order valence-corrected chi connectivity index (χ3v) is 4.77. The number of ketones is 1. The zero-order valence-electron chi connectivity index (χ0n) is 13.8. The fourth-order valence-electron chi connectivity index (χ4n) is 3.34. The van der Waals surface area contributed by atoms with Gasteiger partial charge in [-0.3, -0.25) is 19.4 Å². The minimum Gasteiger partial charge on any atom is -0.293 e. The Balaban J connectivity index is 1.80. The molecule has 4 rings (SSSR count). The molecular weight excluding hydrogens is 354 g/mol. The molecule has 0 spiro atoms. The van der Waals surface area contributed by atoms with E-state index in [1.54, 1.807) is 54.6 Å². The van der Waals surface area contributed by atoms with Crippen molar-refractivity contribution in [2.75, 3.05) is 9.91 Å². The molecule has 2 amide bonds. The van der Waals surface area contributed by atoms with Crippen LogP contribution in [0.3, 0.4) is 0 Å². The van der Waals surface area contributed by atoms with E-state index in [0.717, 1.165) is 4.90 Å². The minimum atomic E-state index is -0.907. The van der Waals surface area contributed by atoms with Crippen molar-refractivity contribution in [2.24, 2.45) is 11.0 Å². The lowest BCUT2D eigenvalue weighted by molar-refractivity contribution is -0.122. The SMILES string of the molecule is CC(=O)C1=NN(c2ccc(Cl)cc2)[C@H]2C(=O)N(c3ccccc3)C(=O)[C@H]12. The van der Waals surface area contributed by atoms with Crippen LogP contribution in [-0.4, -0.2) is 29.4 Å². The van der Waals surface area contributed by atoms with Crippen molar-refractivity contribution in [3.63, 3.8) is 0 Å². The van der Waals surface area contributed by atoms with Crippen LogP contribution in [0.5, 0.6) is 0 Å². The van der Waals surface area contributed by atoms with Crippen LogP contribution in [0.2, 0.25) is 5.02 Å². The molecule has 2 aliphatic rings. The van der Waals surface area contributed by atoms with Crippen LogP contribution in [0, 0.1) is 5.92 Å². The molecule has 26 heavy (non-hydrogen) atoms. The Morgan fingerprint density at radius 2 is 1.62 bits per heavy atom. The van der Waals surface area contributed by atoms with Crippen LogP contribution in [0.1, 0.15) is 6.92 Å². The number of amides is 2. The maximum atomic E-state index is 13.1. The van der Waals surface area contributed by atoms with Crippen LogP contribution in [-0.2, 0) is 14.4 Å². The second-order valence-electron chi connectivity index (χ2n) is 6.13. The number of imide groups is 1. The molecule has 0 saturated carbocycles. The molecule has 0 unspecified atom stereocenters. The molecule has 130 valence electrons. The van der Waals surface area contributed by atoms with Crippen LogP contribution in [0.15, 0.2) is 59.7 Å². The normalized spacial score (nSPS) is 21.8. The van der Waals surface area contributed by atoms with Crippen molar-refractivity contribution in [2.45, 2.75) is 13.0 Å². The van der Waals surface area contributed by atoms with E-state index in [2.05, 4.69) is 5.10 Å². The third kappa shape index (κ3) is 2.42. The summed E-state index contributed by atoms with van der Waals surface area (Å²) < 4.78 is 0. The van der Waals surface area contributed by atoms with Crippen molar-refractivity contribution in [1.29, 1.82) is 0 Å². The molecule has 2 aromatic rings. The molecule has 0 radical (unpaired) electrons. The lowest BCUT2D eigenvalue weighted by Crippen LogP contribution is -2.39. The second-order valence-corrected chi connectivity index (χ2v) is 6.57. The number of para-hydroxylation sites is 1. The first-order valence-corrected chi connectivity index (χ1v) is 8.44. The Hall–Kier alpha value is -2.99. The molecule has 0 aromatic heterocycles. The number of anilines is 2. The molecular formula is C19H14ClN3O3. The van der Waals surface area contributed by atoms with Gasteiger partial charge in [-0.15, -0.1) is 0 Å². The van der Waals surface area contributed by atoms with Crippen LogP contribution in [0.25, 0.3) is 0 Å². The van der Waals surface area contributed by atoms with Gasteiger partial charge in [0.25, 0.3) is 5.91 Å². The van der Waals surface area contributed by atoms with Crippen molar-refractivity contribution >= 4 is 46.3 Å². The molecule has 7 heteroatoms. The number of hydrogen-bond acceptors (Lipinski definition) is 5. The summed E-state index contributed by atoms with van der Waals surface area (Å²) in [5, 5.41) is 6.28. The van der Waals surface area contributed by atoms with Gasteiger partial charge >= 0.3 is 0 Å². The highest BCUT2D eigenvalue weighted by Crippen LogP contribution is 2.38. The number of halogens is 1. The summed E-state index contributed by atoms with van der Waals surface area (Å²) in [5.41, 5.74) is 1.18. The Labute approximate surface area is 154 Å². The van der Waals surface area contributed by atoms with E-state index in [0.29, 0.717) is 16.4 Å². The fraction of sp³-hybridized carbons (Fsp3) is 0.158. The van der Waals surface area contributed by atoms with Gasteiger partial charge in [0.2, 0.25) is 5.91 Å². The van der Waals surface area contributed by atoms with Gasteiger partial charge in [-0.1, -0.05) is 29.8 Å². The van der Waals surface area contributed by atoms with E-state index in [1.807, 2.05) is 0 Å². The van der Waals surface area contributed by atoms with Crippen molar-refractivity contribution in [3.05, 3.63) is 59.6 Å². The lowest BCUT2D eigenvalue weighted by Gasteiger charge is -2.22. The first-order chi connectivity index (χ1) is 12.5. The van der Waals surface area contributed by atoms with Gasteiger partial charge in [0.05, 0.1) is 11.4 Å². The summed E-state index contributed by atoms with van der Waals surface area (Å²) in [6.07, 6.45) is 0. The fourth-order valence-corrected chi connectivity index (χ4v) is 3.47. The molecule has 6 nitrogen and oxygen atoms in total. The third-order valence-electron chi connectivity index (χ3n) is 4.52. The summed E-state index contributed by atoms with van der Waals surface area (Å²) in [7, 11) is 0. The highest BCUT2D eigenvalue weighted by Gasteiger charge is 2.58. The summed E-state index contributed by atoms with van der Waals surface area (Å²) in [5.74, 6) is -2.07. The first-order valence-electron chi connectivity index (χ1n) is 8.06. The van der Waals surface area contributed by atoms with Crippen molar-refractivity contribution in [1.82, 2.24) is 0 Å². The summed E-state index contributed by atoms with van der Waals surface area (Å²) in [6.45, 7) is 1.35. The number of benzene rings is 2. The predicted molar refractivity (Wildman–Crippen MR) is 98.3 cm³/mol. The average molecular weight is 368 g/mol. The zero-order chi connectivity index (χ0) is 18.4. The molecule has 0 N–H and O–H groups in total. The highest BCUT2D eigenvalue weighted by molar-refractivity contribution is 6.48. The smallest absolute Gasteiger partial charge is 0.259 e. The van der Waals surface area contributed by atoms with Gasteiger partial charge < -0.3 is 0 Å². The standard InChI is InChI=1S/C19H14ClN3O3/c1-11(24)16-15-17(23(21-16)14-9-7-12(20)8-10-14)19(26)22(18(15)25)13-5-3-2-4-6-13/h2-10,15,17H,1H3/t15-,17-/m1/s1. The van der Waals surface area contributed by atoms with Gasteiger partial charge in [-0.25, -0.2) is 4.90 Å². The van der Waals surface area contributed by atoms with E-state index in [4.69, 9.17) is 11.6 Å². The molecule has 2 aliphatic heterocycles. The predicted octanol–water partition coefficient (Wildman–Crippen LogP) is 2.66.